The summed E-state index contributed by atoms with van der Waals surface area (Å²) in [7, 11) is 1.55. The number of nitrogens with zero attached hydrogens (tertiary/aromatic N) is 2. The summed E-state index contributed by atoms with van der Waals surface area (Å²) in [6.45, 7) is 10.8. The van der Waals surface area contributed by atoms with E-state index < -0.39 is 17.7 Å². The van der Waals surface area contributed by atoms with Crippen molar-refractivity contribution in [2.24, 2.45) is 0 Å². The quantitative estimate of drug-likeness (QED) is 0.328. The number of phenols is 1. The second-order valence-electron chi connectivity index (χ2n) is 8.60. The van der Waals surface area contributed by atoms with Crippen LogP contribution in [0.25, 0.3) is 5.76 Å². The van der Waals surface area contributed by atoms with Crippen molar-refractivity contribution in [3.63, 3.8) is 0 Å². The van der Waals surface area contributed by atoms with E-state index in [1.807, 2.05) is 19.9 Å². The molecule has 182 valence electrons. The fraction of sp³-hybridized carbons (Fsp3) is 0.407. The Balaban J connectivity index is 2.11. The van der Waals surface area contributed by atoms with Crippen molar-refractivity contribution in [3.05, 3.63) is 64.2 Å². The van der Waals surface area contributed by atoms with Gasteiger partial charge in [0.1, 0.15) is 17.3 Å². The minimum Gasteiger partial charge on any atom is -0.507 e. The zero-order chi connectivity index (χ0) is 25.0. The Hall–Kier alpha value is -3.32. The normalized spacial score (nSPS) is 17.6. The van der Waals surface area contributed by atoms with E-state index in [4.69, 9.17) is 4.74 Å². The molecule has 0 spiro atoms. The van der Waals surface area contributed by atoms with Crippen LogP contribution in [-0.2, 0) is 9.59 Å². The fourth-order valence-electron chi connectivity index (χ4n) is 4.41. The van der Waals surface area contributed by atoms with Crippen LogP contribution < -0.4 is 4.74 Å². The van der Waals surface area contributed by atoms with Crippen LogP contribution in [-0.4, -0.2) is 65.0 Å². The van der Waals surface area contributed by atoms with Gasteiger partial charge in [0.25, 0.3) is 11.7 Å². The summed E-state index contributed by atoms with van der Waals surface area (Å²) < 4.78 is 5.36. The maximum absolute atomic E-state index is 13.2. The first kappa shape index (κ1) is 25.3. The van der Waals surface area contributed by atoms with E-state index in [0.717, 1.165) is 30.8 Å². The molecule has 1 amide bonds. The van der Waals surface area contributed by atoms with Gasteiger partial charge in [-0.2, -0.15) is 0 Å². The average molecular weight is 467 g/mol. The zero-order valence-corrected chi connectivity index (χ0v) is 20.6. The monoisotopic (exact) mass is 466 g/mol. The molecule has 7 heteroatoms. The Kier molecular flexibility index (Phi) is 7.99. The smallest absolute Gasteiger partial charge is 0.295 e. The number of benzene rings is 2. The number of likely N-dealkylation sites (tertiary alicyclic amines) is 1. The van der Waals surface area contributed by atoms with E-state index >= 15 is 0 Å². The molecule has 1 fully saturated rings. The standard InChI is InChI=1S/C27H34N2O5/c1-6-28(7-2)12-9-13-29-24(19-10-8-11-20(16-19)34-5)23(26(32)27(29)33)25(31)21-14-17(3)18(4)15-22(21)30/h8,10-11,14-16,24,30-31H,6-7,9,12-13H2,1-5H3/t24-/m0/s1. The number of aliphatic hydroxyl groups is 1. The predicted molar refractivity (Wildman–Crippen MR) is 132 cm³/mol. The Morgan fingerprint density at radius 3 is 2.41 bits per heavy atom. The number of aryl methyl sites for hydroxylation is 2. The minimum atomic E-state index is -0.784. The number of carbonyl (C=O) groups excluding carboxylic acids is 2. The highest BCUT2D eigenvalue weighted by atomic mass is 16.5. The summed E-state index contributed by atoms with van der Waals surface area (Å²) in [4.78, 5) is 30.1. The summed E-state index contributed by atoms with van der Waals surface area (Å²) in [6.07, 6.45) is 0.685. The number of ether oxygens (including phenoxy) is 1. The molecule has 1 atom stereocenters. The van der Waals surface area contributed by atoms with Crippen LogP contribution in [0.3, 0.4) is 0 Å². The SMILES string of the molecule is CCN(CC)CCCN1C(=O)C(=O)C(=C(O)c2cc(C)c(C)cc2O)[C@@H]1c1cccc(OC)c1. The van der Waals surface area contributed by atoms with Crippen LogP contribution in [0.2, 0.25) is 0 Å². The van der Waals surface area contributed by atoms with Crippen LogP contribution in [0.15, 0.2) is 42.0 Å². The third kappa shape index (κ3) is 4.94. The van der Waals surface area contributed by atoms with Crippen molar-refractivity contribution in [2.75, 3.05) is 33.3 Å². The Bertz CT molecular complexity index is 1100. The van der Waals surface area contributed by atoms with Gasteiger partial charge < -0.3 is 24.7 Å². The lowest BCUT2D eigenvalue weighted by Crippen LogP contribution is -2.33. The summed E-state index contributed by atoms with van der Waals surface area (Å²) in [5.74, 6) is -1.35. The highest BCUT2D eigenvalue weighted by molar-refractivity contribution is 6.46. The van der Waals surface area contributed by atoms with Crippen LogP contribution in [0.4, 0.5) is 0 Å². The molecule has 0 aromatic heterocycles. The maximum Gasteiger partial charge on any atom is 0.295 e. The molecule has 2 N–H and O–H groups in total. The molecule has 2 aromatic rings. The Morgan fingerprint density at radius 2 is 1.76 bits per heavy atom. The third-order valence-corrected chi connectivity index (χ3v) is 6.58. The van der Waals surface area contributed by atoms with E-state index in [1.165, 1.54) is 4.90 Å². The molecule has 0 radical (unpaired) electrons. The molecule has 1 aliphatic rings. The Morgan fingerprint density at radius 1 is 1.09 bits per heavy atom. The largest absolute Gasteiger partial charge is 0.507 e. The molecule has 1 heterocycles. The highest BCUT2D eigenvalue weighted by Gasteiger charge is 2.46. The third-order valence-electron chi connectivity index (χ3n) is 6.58. The molecule has 0 saturated carbocycles. The number of hydrogen-bond acceptors (Lipinski definition) is 6. The maximum atomic E-state index is 13.2. The van der Waals surface area contributed by atoms with Gasteiger partial charge in [-0.25, -0.2) is 0 Å². The lowest BCUT2D eigenvalue weighted by atomic mass is 9.93. The van der Waals surface area contributed by atoms with Crippen LogP contribution in [0.1, 0.15) is 48.6 Å². The van der Waals surface area contributed by atoms with Crippen molar-refractivity contribution in [1.29, 1.82) is 0 Å². The van der Waals surface area contributed by atoms with Gasteiger partial charge in [0.05, 0.1) is 24.3 Å². The first-order chi connectivity index (χ1) is 16.2. The fourth-order valence-corrected chi connectivity index (χ4v) is 4.41. The molecule has 2 aromatic carbocycles. The number of ketones is 1. The number of hydrogen-bond donors (Lipinski definition) is 2. The number of rotatable bonds is 9. The molecular formula is C27H34N2O5. The second kappa shape index (κ2) is 10.7. The molecule has 3 rings (SSSR count). The molecule has 34 heavy (non-hydrogen) atoms. The zero-order valence-electron chi connectivity index (χ0n) is 20.6. The summed E-state index contributed by atoms with van der Waals surface area (Å²) in [5.41, 5.74) is 2.48. The molecule has 7 nitrogen and oxygen atoms in total. The van der Waals surface area contributed by atoms with Crippen molar-refractivity contribution in [3.8, 4) is 11.5 Å². The summed E-state index contributed by atoms with van der Waals surface area (Å²) in [5, 5.41) is 21.8. The lowest BCUT2D eigenvalue weighted by Gasteiger charge is -2.27. The molecule has 0 aliphatic carbocycles. The molecular weight excluding hydrogens is 432 g/mol. The number of amides is 1. The van der Waals surface area contributed by atoms with E-state index in [0.29, 0.717) is 24.3 Å². The van der Waals surface area contributed by atoms with Crippen LogP contribution in [0.5, 0.6) is 11.5 Å². The molecule has 1 aliphatic heterocycles. The van der Waals surface area contributed by atoms with Crippen molar-refractivity contribution >= 4 is 17.4 Å². The number of Topliss-reactive ketones (excluding diaryl/α,β-unsaturated/α-hetero) is 1. The van der Waals surface area contributed by atoms with Gasteiger partial charge in [-0.15, -0.1) is 0 Å². The van der Waals surface area contributed by atoms with Gasteiger partial charge >= 0.3 is 0 Å². The number of carbonyl (C=O) groups is 2. The average Bonchev–Trinajstić information content (AvgIpc) is 3.08. The minimum absolute atomic E-state index is 0.0281. The first-order valence-electron chi connectivity index (χ1n) is 11.7. The van der Waals surface area contributed by atoms with Crippen molar-refractivity contribution in [1.82, 2.24) is 9.80 Å². The molecule has 1 saturated heterocycles. The number of phenolic OH excluding ortho intramolecular Hbond substituents is 1. The van der Waals surface area contributed by atoms with E-state index in [9.17, 15) is 19.8 Å². The second-order valence-corrected chi connectivity index (χ2v) is 8.60. The van der Waals surface area contributed by atoms with E-state index in [2.05, 4.69) is 18.7 Å². The van der Waals surface area contributed by atoms with Crippen LogP contribution in [0, 0.1) is 13.8 Å². The summed E-state index contributed by atoms with van der Waals surface area (Å²) in [6, 6.07) is 9.54. The van der Waals surface area contributed by atoms with Crippen molar-refractivity contribution in [2.45, 2.75) is 40.2 Å². The topological polar surface area (TPSA) is 90.3 Å². The molecule has 0 bridgehead atoms. The van der Waals surface area contributed by atoms with Gasteiger partial charge in [0.15, 0.2) is 0 Å². The van der Waals surface area contributed by atoms with E-state index in [-0.39, 0.29) is 22.6 Å². The van der Waals surface area contributed by atoms with Gasteiger partial charge in [-0.05, 0) is 80.9 Å². The van der Waals surface area contributed by atoms with Gasteiger partial charge in [-0.3, -0.25) is 9.59 Å². The predicted octanol–water partition coefficient (Wildman–Crippen LogP) is 4.17. The van der Waals surface area contributed by atoms with Gasteiger partial charge in [-0.1, -0.05) is 26.0 Å². The van der Waals surface area contributed by atoms with Gasteiger partial charge in [0, 0.05) is 6.54 Å². The summed E-state index contributed by atoms with van der Waals surface area (Å²) >= 11 is 0. The van der Waals surface area contributed by atoms with Crippen molar-refractivity contribution < 1.29 is 24.5 Å². The van der Waals surface area contributed by atoms with Crippen LogP contribution >= 0.6 is 0 Å². The number of aromatic hydroxyl groups is 1. The van der Waals surface area contributed by atoms with Gasteiger partial charge in [0.2, 0.25) is 0 Å². The first-order valence-corrected chi connectivity index (χ1v) is 11.7. The molecule has 0 unspecified atom stereocenters. The highest BCUT2D eigenvalue weighted by Crippen LogP contribution is 2.42. The van der Waals surface area contributed by atoms with E-state index in [1.54, 1.807) is 37.4 Å². The number of methoxy groups -OCH3 is 1. The lowest BCUT2D eigenvalue weighted by molar-refractivity contribution is -0.140. The Labute approximate surface area is 201 Å². The number of aliphatic hydroxyl groups excluding tert-OH is 1.